The van der Waals surface area contributed by atoms with Gasteiger partial charge in [-0.25, -0.2) is 4.79 Å². The Morgan fingerprint density at radius 2 is 2.25 bits per heavy atom. The largest absolute Gasteiger partial charge is 0.478 e. The molecule has 0 aliphatic carbocycles. The van der Waals surface area contributed by atoms with Gasteiger partial charge < -0.3 is 19.6 Å². The predicted molar refractivity (Wildman–Crippen MR) is 70.9 cm³/mol. The third kappa shape index (κ3) is 3.19. The van der Waals surface area contributed by atoms with Crippen LogP contribution < -0.4 is 5.32 Å². The maximum absolute atomic E-state index is 12.1. The van der Waals surface area contributed by atoms with Crippen molar-refractivity contribution in [2.75, 3.05) is 6.61 Å². The number of aromatic carboxylic acids is 1. The van der Waals surface area contributed by atoms with Crippen molar-refractivity contribution < 1.29 is 23.8 Å². The second-order valence-corrected chi connectivity index (χ2v) is 4.98. The summed E-state index contributed by atoms with van der Waals surface area (Å²) in [6.07, 6.45) is 2.05. The first-order valence-corrected chi connectivity index (χ1v) is 6.79. The number of nitrogens with one attached hydrogen (secondary N) is 1. The van der Waals surface area contributed by atoms with Crippen molar-refractivity contribution in [1.82, 2.24) is 5.32 Å². The molecule has 110 valence electrons. The van der Waals surface area contributed by atoms with Gasteiger partial charge in [0, 0.05) is 25.1 Å². The van der Waals surface area contributed by atoms with Gasteiger partial charge >= 0.3 is 5.97 Å². The van der Waals surface area contributed by atoms with E-state index in [-0.39, 0.29) is 29.4 Å². The second kappa shape index (κ2) is 6.09. The topological polar surface area (TPSA) is 88.8 Å². The van der Waals surface area contributed by atoms with Gasteiger partial charge in [-0.3, -0.25) is 4.79 Å². The Labute approximate surface area is 117 Å². The van der Waals surface area contributed by atoms with Crippen molar-refractivity contribution in [2.24, 2.45) is 0 Å². The Balaban J connectivity index is 2.07. The smallest absolute Gasteiger partial charge is 0.339 e. The lowest BCUT2D eigenvalue weighted by Crippen LogP contribution is -2.41. The van der Waals surface area contributed by atoms with E-state index in [0.717, 1.165) is 12.8 Å². The van der Waals surface area contributed by atoms with Gasteiger partial charge in [0.05, 0.1) is 6.10 Å². The van der Waals surface area contributed by atoms with Gasteiger partial charge in [-0.05, 0) is 19.8 Å². The van der Waals surface area contributed by atoms with E-state index in [1.54, 1.807) is 6.92 Å². The third-order valence-corrected chi connectivity index (χ3v) is 3.40. The molecule has 20 heavy (non-hydrogen) atoms. The highest BCUT2D eigenvalue weighted by Gasteiger charge is 2.24. The van der Waals surface area contributed by atoms with E-state index in [4.69, 9.17) is 14.3 Å². The maximum Gasteiger partial charge on any atom is 0.339 e. The zero-order valence-electron chi connectivity index (χ0n) is 11.6. The molecule has 1 saturated heterocycles. The molecular weight excluding hydrogens is 262 g/mol. The summed E-state index contributed by atoms with van der Waals surface area (Å²) in [5.41, 5.74) is 0.0537. The van der Waals surface area contributed by atoms with Gasteiger partial charge in [-0.1, -0.05) is 6.92 Å². The molecule has 0 aromatic carbocycles. The summed E-state index contributed by atoms with van der Waals surface area (Å²) in [5.74, 6) is -1.07. The number of ether oxygens (including phenoxy) is 1. The summed E-state index contributed by atoms with van der Waals surface area (Å²) in [6, 6.07) is 1.33. The predicted octanol–water partition coefficient (Wildman–Crippen LogP) is 1.84. The molecule has 0 saturated carbocycles. The van der Waals surface area contributed by atoms with Crippen LogP contribution in [0, 0.1) is 0 Å². The van der Waals surface area contributed by atoms with Crippen LogP contribution in [0.2, 0.25) is 0 Å². The number of carbonyl (C=O) groups excluding carboxylic acids is 1. The number of hydrogen-bond donors (Lipinski definition) is 2. The van der Waals surface area contributed by atoms with Gasteiger partial charge in [-0.15, -0.1) is 0 Å². The fourth-order valence-corrected chi connectivity index (χ4v) is 2.37. The number of carboxylic acid groups (broad SMARTS) is 1. The van der Waals surface area contributed by atoms with Crippen molar-refractivity contribution in [3.63, 3.8) is 0 Å². The highest BCUT2D eigenvalue weighted by atomic mass is 16.5. The molecule has 1 fully saturated rings. The second-order valence-electron chi connectivity index (χ2n) is 4.98. The summed E-state index contributed by atoms with van der Waals surface area (Å²) in [7, 11) is 0. The molecule has 1 aliphatic heterocycles. The number of hydrogen-bond acceptors (Lipinski definition) is 4. The van der Waals surface area contributed by atoms with Gasteiger partial charge in [-0.2, -0.15) is 0 Å². The Morgan fingerprint density at radius 3 is 2.80 bits per heavy atom. The molecule has 1 amide bonds. The number of rotatable bonds is 4. The molecule has 2 heterocycles. The van der Waals surface area contributed by atoms with E-state index in [9.17, 15) is 9.59 Å². The minimum Gasteiger partial charge on any atom is -0.478 e. The zero-order valence-corrected chi connectivity index (χ0v) is 11.6. The average Bonchev–Trinajstić information content (AvgIpc) is 2.83. The van der Waals surface area contributed by atoms with Crippen LogP contribution in [0.15, 0.2) is 10.5 Å². The molecule has 2 rings (SSSR count). The first-order chi connectivity index (χ1) is 9.51. The van der Waals surface area contributed by atoms with Gasteiger partial charge in [0.15, 0.2) is 5.76 Å². The molecule has 1 aromatic heterocycles. The summed E-state index contributed by atoms with van der Waals surface area (Å²) in [6.45, 7) is 4.36. The molecule has 2 N–H and O–H groups in total. The first-order valence-electron chi connectivity index (χ1n) is 6.79. The van der Waals surface area contributed by atoms with Crippen molar-refractivity contribution in [2.45, 2.75) is 45.3 Å². The van der Waals surface area contributed by atoms with Crippen LogP contribution in [0.4, 0.5) is 0 Å². The summed E-state index contributed by atoms with van der Waals surface area (Å²) >= 11 is 0. The number of carbonyl (C=O) groups is 2. The minimum atomic E-state index is -1.08. The molecule has 2 atom stereocenters. The molecule has 6 nitrogen and oxygen atoms in total. The van der Waals surface area contributed by atoms with Crippen LogP contribution in [0.1, 0.15) is 53.4 Å². The zero-order chi connectivity index (χ0) is 14.7. The third-order valence-electron chi connectivity index (χ3n) is 3.40. The number of furan rings is 1. The van der Waals surface area contributed by atoms with E-state index < -0.39 is 5.97 Å². The standard InChI is InChI=1S/C14H19NO5/c1-3-11-10(14(17)18)7-12(20-11)13(16)15-9-4-5-19-8(2)6-9/h7-9H,3-6H2,1-2H3,(H,15,16)(H,17,18). The highest BCUT2D eigenvalue weighted by molar-refractivity contribution is 5.96. The van der Waals surface area contributed by atoms with E-state index in [2.05, 4.69) is 5.32 Å². The Morgan fingerprint density at radius 1 is 1.50 bits per heavy atom. The maximum atomic E-state index is 12.1. The van der Waals surface area contributed by atoms with Gasteiger partial charge in [0.1, 0.15) is 11.3 Å². The lowest BCUT2D eigenvalue weighted by atomic mass is 10.0. The van der Waals surface area contributed by atoms with Crippen LogP contribution in [-0.4, -0.2) is 35.7 Å². The number of carboxylic acids is 1. The minimum absolute atomic E-state index is 0.0368. The van der Waals surface area contributed by atoms with Crippen molar-refractivity contribution in [3.8, 4) is 0 Å². The van der Waals surface area contributed by atoms with Crippen LogP contribution in [0.3, 0.4) is 0 Å². The van der Waals surface area contributed by atoms with Gasteiger partial charge in [0.25, 0.3) is 5.91 Å². The Bertz CT molecular complexity index is 508. The number of amides is 1. The summed E-state index contributed by atoms with van der Waals surface area (Å²) in [4.78, 5) is 23.1. The normalized spacial score (nSPS) is 22.5. The summed E-state index contributed by atoms with van der Waals surface area (Å²) < 4.78 is 10.7. The van der Waals surface area contributed by atoms with E-state index in [0.29, 0.717) is 18.8 Å². The highest BCUT2D eigenvalue weighted by Crippen LogP contribution is 2.18. The monoisotopic (exact) mass is 281 g/mol. The lowest BCUT2D eigenvalue weighted by molar-refractivity contribution is 0.0134. The molecular formula is C14H19NO5. The molecule has 6 heteroatoms. The Hall–Kier alpha value is -1.82. The fourth-order valence-electron chi connectivity index (χ4n) is 2.37. The molecule has 1 aliphatic rings. The molecule has 2 unspecified atom stereocenters. The van der Waals surface area contributed by atoms with Crippen LogP contribution in [0.25, 0.3) is 0 Å². The lowest BCUT2D eigenvalue weighted by Gasteiger charge is -2.27. The number of aryl methyl sites for hydroxylation is 1. The van der Waals surface area contributed by atoms with Crippen LogP contribution in [-0.2, 0) is 11.2 Å². The van der Waals surface area contributed by atoms with Crippen molar-refractivity contribution in [1.29, 1.82) is 0 Å². The van der Waals surface area contributed by atoms with E-state index in [1.165, 1.54) is 6.07 Å². The Kier molecular flexibility index (Phi) is 4.44. The van der Waals surface area contributed by atoms with Crippen LogP contribution in [0.5, 0.6) is 0 Å². The first kappa shape index (κ1) is 14.6. The quantitative estimate of drug-likeness (QED) is 0.879. The molecule has 0 bridgehead atoms. The fraction of sp³-hybridized carbons (Fsp3) is 0.571. The molecule has 0 spiro atoms. The molecule has 0 radical (unpaired) electrons. The van der Waals surface area contributed by atoms with Crippen molar-refractivity contribution >= 4 is 11.9 Å². The van der Waals surface area contributed by atoms with Crippen LogP contribution >= 0.6 is 0 Å². The molecule has 1 aromatic rings. The van der Waals surface area contributed by atoms with Gasteiger partial charge in [0.2, 0.25) is 0 Å². The summed E-state index contributed by atoms with van der Waals surface area (Å²) in [5, 5.41) is 11.9. The van der Waals surface area contributed by atoms with E-state index >= 15 is 0 Å². The average molecular weight is 281 g/mol. The van der Waals surface area contributed by atoms with Crippen molar-refractivity contribution in [3.05, 3.63) is 23.2 Å². The van der Waals surface area contributed by atoms with E-state index in [1.807, 2.05) is 6.92 Å². The SMILES string of the molecule is CCc1oc(C(=O)NC2CCOC(C)C2)cc1C(=O)O.